The second-order valence-corrected chi connectivity index (χ2v) is 7.52. The number of ether oxygens (including phenoxy) is 2. The molecule has 0 aromatic heterocycles. The summed E-state index contributed by atoms with van der Waals surface area (Å²) >= 11 is 12.6. The number of hydrogen-bond acceptors (Lipinski definition) is 5. The Hall–Kier alpha value is -1.80. The van der Waals surface area contributed by atoms with Crippen molar-refractivity contribution >= 4 is 35.2 Å². The molecular formula is C20H25Cl2N3O4. The molecule has 7 nitrogen and oxygen atoms in total. The highest BCUT2D eigenvalue weighted by Crippen LogP contribution is 2.37. The minimum Gasteiger partial charge on any atom is -0.463 e. The van der Waals surface area contributed by atoms with E-state index in [0.717, 1.165) is 13.1 Å². The maximum absolute atomic E-state index is 13.0. The maximum atomic E-state index is 13.0. The highest BCUT2D eigenvalue weighted by atomic mass is 35.5. The van der Waals surface area contributed by atoms with Gasteiger partial charge in [0, 0.05) is 31.9 Å². The normalized spacial score (nSPS) is 20.6. The first-order chi connectivity index (χ1) is 14.0. The van der Waals surface area contributed by atoms with Crippen molar-refractivity contribution < 1.29 is 19.1 Å². The molecule has 0 aliphatic carbocycles. The van der Waals surface area contributed by atoms with Crippen LogP contribution in [0.2, 0.25) is 10.0 Å². The van der Waals surface area contributed by atoms with Gasteiger partial charge in [0.15, 0.2) is 0 Å². The van der Waals surface area contributed by atoms with Gasteiger partial charge in [0.1, 0.15) is 0 Å². The number of nitrogens with zero attached hydrogens (tertiary/aromatic N) is 2. The Morgan fingerprint density at radius 2 is 2.00 bits per heavy atom. The van der Waals surface area contributed by atoms with Crippen LogP contribution in [0.5, 0.6) is 0 Å². The Morgan fingerprint density at radius 3 is 2.66 bits per heavy atom. The zero-order valence-corrected chi connectivity index (χ0v) is 18.1. The molecule has 158 valence electrons. The SMILES string of the molecule is CCOC(=O)C1=C(CN2CCOCC2)N(CC)C(=O)NC1c1cccc(Cl)c1Cl. The van der Waals surface area contributed by atoms with Crippen LogP contribution in [0.15, 0.2) is 29.5 Å². The Kier molecular flexibility index (Phi) is 7.40. The van der Waals surface area contributed by atoms with Crippen molar-refractivity contribution in [1.29, 1.82) is 0 Å². The number of hydrogen-bond donors (Lipinski definition) is 1. The first kappa shape index (κ1) is 21.9. The molecule has 0 bridgehead atoms. The molecule has 1 aromatic carbocycles. The van der Waals surface area contributed by atoms with Crippen molar-refractivity contribution in [1.82, 2.24) is 15.1 Å². The predicted molar refractivity (Wildman–Crippen MR) is 111 cm³/mol. The molecule has 2 aliphatic heterocycles. The van der Waals surface area contributed by atoms with Crippen LogP contribution in [0.25, 0.3) is 0 Å². The first-order valence-corrected chi connectivity index (χ1v) is 10.5. The van der Waals surface area contributed by atoms with E-state index in [9.17, 15) is 9.59 Å². The number of nitrogens with one attached hydrogen (secondary N) is 1. The van der Waals surface area contributed by atoms with Gasteiger partial charge in [-0.25, -0.2) is 9.59 Å². The van der Waals surface area contributed by atoms with E-state index in [1.54, 1.807) is 30.0 Å². The van der Waals surface area contributed by atoms with E-state index in [2.05, 4.69) is 10.2 Å². The van der Waals surface area contributed by atoms with E-state index < -0.39 is 12.0 Å². The van der Waals surface area contributed by atoms with Gasteiger partial charge in [-0.15, -0.1) is 0 Å². The summed E-state index contributed by atoms with van der Waals surface area (Å²) < 4.78 is 10.8. The molecule has 3 rings (SSSR count). The number of benzene rings is 1. The van der Waals surface area contributed by atoms with Gasteiger partial charge in [-0.05, 0) is 25.5 Å². The summed E-state index contributed by atoms with van der Waals surface area (Å²) in [6.07, 6.45) is 0. The van der Waals surface area contributed by atoms with Crippen LogP contribution in [0.4, 0.5) is 4.79 Å². The number of halogens is 2. The van der Waals surface area contributed by atoms with E-state index >= 15 is 0 Å². The van der Waals surface area contributed by atoms with Crippen LogP contribution in [0, 0.1) is 0 Å². The third-order valence-corrected chi connectivity index (χ3v) is 5.85. The summed E-state index contributed by atoms with van der Waals surface area (Å²) in [6, 6.07) is 4.13. The predicted octanol–water partition coefficient (Wildman–Crippen LogP) is 3.23. The lowest BCUT2D eigenvalue weighted by molar-refractivity contribution is -0.139. The fourth-order valence-corrected chi connectivity index (χ4v) is 4.02. The summed E-state index contributed by atoms with van der Waals surface area (Å²) in [5, 5.41) is 3.56. The third-order valence-electron chi connectivity index (χ3n) is 5.02. The van der Waals surface area contributed by atoms with E-state index in [-0.39, 0.29) is 12.6 Å². The third kappa shape index (κ3) is 4.69. The minimum atomic E-state index is -0.744. The smallest absolute Gasteiger partial charge is 0.338 e. The zero-order chi connectivity index (χ0) is 21.0. The number of amides is 2. The quantitative estimate of drug-likeness (QED) is 0.686. The minimum absolute atomic E-state index is 0.225. The first-order valence-electron chi connectivity index (χ1n) is 9.70. The lowest BCUT2D eigenvalue weighted by atomic mass is 9.94. The van der Waals surface area contributed by atoms with Crippen LogP contribution < -0.4 is 5.32 Å². The van der Waals surface area contributed by atoms with E-state index in [4.69, 9.17) is 32.7 Å². The van der Waals surface area contributed by atoms with Crippen LogP contribution in [-0.4, -0.2) is 67.8 Å². The number of carbonyl (C=O) groups is 2. The lowest BCUT2D eigenvalue weighted by Gasteiger charge is -2.39. The van der Waals surface area contributed by atoms with Crippen LogP contribution in [0.3, 0.4) is 0 Å². The summed E-state index contributed by atoms with van der Waals surface area (Å²) in [6.45, 7) is 7.38. The molecular weight excluding hydrogens is 417 g/mol. The van der Waals surface area contributed by atoms with Crippen molar-refractivity contribution in [3.63, 3.8) is 0 Å². The molecule has 29 heavy (non-hydrogen) atoms. The van der Waals surface area contributed by atoms with Gasteiger partial charge in [0.05, 0.1) is 41.5 Å². The molecule has 1 N–H and O–H groups in total. The molecule has 0 radical (unpaired) electrons. The van der Waals surface area contributed by atoms with Gasteiger partial charge < -0.3 is 14.8 Å². The van der Waals surface area contributed by atoms with Gasteiger partial charge in [-0.3, -0.25) is 9.80 Å². The topological polar surface area (TPSA) is 71.1 Å². The second-order valence-electron chi connectivity index (χ2n) is 6.74. The van der Waals surface area contributed by atoms with Gasteiger partial charge in [-0.1, -0.05) is 35.3 Å². The Morgan fingerprint density at radius 1 is 1.28 bits per heavy atom. The molecule has 1 aromatic rings. The van der Waals surface area contributed by atoms with Crippen LogP contribution >= 0.6 is 23.2 Å². The highest BCUT2D eigenvalue weighted by Gasteiger charge is 2.39. The van der Waals surface area contributed by atoms with Crippen LogP contribution in [-0.2, 0) is 14.3 Å². The molecule has 0 spiro atoms. The summed E-state index contributed by atoms with van der Waals surface area (Å²) in [7, 11) is 0. The standard InChI is InChI=1S/C20H25Cl2N3O4/c1-3-25-15(12-24-8-10-28-11-9-24)16(19(26)29-4-2)18(23-20(25)27)13-6-5-7-14(21)17(13)22/h5-7,18H,3-4,8-12H2,1-2H3,(H,23,27). The fraction of sp³-hybridized carbons (Fsp3) is 0.500. The molecule has 9 heteroatoms. The number of rotatable bonds is 6. The van der Waals surface area contributed by atoms with Gasteiger partial charge >= 0.3 is 12.0 Å². The number of likely N-dealkylation sites (N-methyl/N-ethyl adjacent to an activating group) is 1. The Labute approximate surface area is 180 Å². The van der Waals surface area contributed by atoms with Crippen LogP contribution in [0.1, 0.15) is 25.5 Å². The number of urea groups is 1. The van der Waals surface area contributed by atoms with Crippen molar-refractivity contribution in [3.05, 3.63) is 45.1 Å². The van der Waals surface area contributed by atoms with E-state index in [1.165, 1.54) is 0 Å². The van der Waals surface area contributed by atoms with Crippen molar-refractivity contribution in [2.45, 2.75) is 19.9 Å². The number of morpholine rings is 1. The average Bonchev–Trinajstić information content (AvgIpc) is 2.71. The Bertz CT molecular complexity index is 809. The van der Waals surface area contributed by atoms with Gasteiger partial charge in [-0.2, -0.15) is 0 Å². The molecule has 0 saturated carbocycles. The van der Waals surface area contributed by atoms with Crippen molar-refractivity contribution in [2.75, 3.05) is 46.0 Å². The van der Waals surface area contributed by atoms with Gasteiger partial charge in [0.25, 0.3) is 0 Å². The molecule has 1 saturated heterocycles. The largest absolute Gasteiger partial charge is 0.463 e. The monoisotopic (exact) mass is 441 g/mol. The van der Waals surface area contributed by atoms with Crippen molar-refractivity contribution in [2.24, 2.45) is 0 Å². The fourth-order valence-electron chi connectivity index (χ4n) is 3.61. The number of esters is 1. The van der Waals surface area contributed by atoms with Gasteiger partial charge in [0.2, 0.25) is 0 Å². The number of carbonyl (C=O) groups excluding carboxylic acids is 2. The molecule has 2 amide bonds. The summed E-state index contributed by atoms with van der Waals surface area (Å²) in [4.78, 5) is 29.7. The summed E-state index contributed by atoms with van der Waals surface area (Å²) in [5.41, 5.74) is 1.56. The lowest BCUT2D eigenvalue weighted by Crippen LogP contribution is -2.51. The second kappa shape index (κ2) is 9.80. The van der Waals surface area contributed by atoms with E-state index in [1.807, 2.05) is 6.92 Å². The molecule has 2 heterocycles. The molecule has 1 unspecified atom stereocenters. The maximum Gasteiger partial charge on any atom is 0.338 e. The highest BCUT2D eigenvalue weighted by molar-refractivity contribution is 6.42. The molecule has 1 fully saturated rings. The summed E-state index contributed by atoms with van der Waals surface area (Å²) in [5.74, 6) is -0.477. The molecule has 2 aliphatic rings. The van der Waals surface area contributed by atoms with Crippen molar-refractivity contribution in [3.8, 4) is 0 Å². The Balaban J connectivity index is 2.12. The average molecular weight is 442 g/mol. The van der Waals surface area contributed by atoms with E-state index in [0.29, 0.717) is 53.2 Å². The zero-order valence-electron chi connectivity index (χ0n) is 16.5. The molecule has 1 atom stereocenters.